The van der Waals surface area contributed by atoms with Crippen LogP contribution in [0.2, 0.25) is 0 Å². The molecule has 0 aliphatic rings. The van der Waals surface area contributed by atoms with E-state index in [1.807, 2.05) is 0 Å². The first-order chi connectivity index (χ1) is 6.65. The fourth-order valence-corrected chi connectivity index (χ4v) is 2.17. The molecule has 1 rings (SSSR count). The standard InChI is InChI=1S/C13H17I/c1-4-5-6-11-7-8-12(10(2)3)9-13(11)14/h7-9H,2,4-6H2,1,3H3. The molecule has 1 aromatic rings. The molecular formula is C13H17I. The number of halogens is 1. The zero-order chi connectivity index (χ0) is 10.6. The Hall–Kier alpha value is -0.310. The van der Waals surface area contributed by atoms with Crippen molar-refractivity contribution < 1.29 is 0 Å². The van der Waals surface area contributed by atoms with Gasteiger partial charge in [-0.2, -0.15) is 0 Å². The van der Waals surface area contributed by atoms with E-state index in [-0.39, 0.29) is 0 Å². The maximum atomic E-state index is 3.95. The first kappa shape index (κ1) is 11.8. The highest BCUT2D eigenvalue weighted by molar-refractivity contribution is 14.1. The first-order valence-electron chi connectivity index (χ1n) is 5.09. The van der Waals surface area contributed by atoms with Gasteiger partial charge in [0.2, 0.25) is 0 Å². The summed E-state index contributed by atoms with van der Waals surface area (Å²) in [4.78, 5) is 0. The van der Waals surface area contributed by atoms with Gasteiger partial charge in [0.1, 0.15) is 0 Å². The lowest BCUT2D eigenvalue weighted by molar-refractivity contribution is 0.792. The van der Waals surface area contributed by atoms with Gasteiger partial charge in [0.15, 0.2) is 0 Å². The Bertz CT molecular complexity index is 326. The summed E-state index contributed by atoms with van der Waals surface area (Å²) in [6.45, 7) is 8.24. The van der Waals surface area contributed by atoms with Crippen LogP contribution in [0.25, 0.3) is 5.57 Å². The van der Waals surface area contributed by atoms with Gasteiger partial charge in [0.25, 0.3) is 0 Å². The van der Waals surface area contributed by atoms with E-state index >= 15 is 0 Å². The van der Waals surface area contributed by atoms with Gasteiger partial charge in [0.05, 0.1) is 0 Å². The molecule has 0 amide bonds. The molecule has 14 heavy (non-hydrogen) atoms. The van der Waals surface area contributed by atoms with Crippen LogP contribution < -0.4 is 0 Å². The van der Waals surface area contributed by atoms with Crippen molar-refractivity contribution in [3.05, 3.63) is 39.5 Å². The Morgan fingerprint density at radius 3 is 2.64 bits per heavy atom. The van der Waals surface area contributed by atoms with Crippen LogP contribution in [0.15, 0.2) is 24.8 Å². The van der Waals surface area contributed by atoms with Crippen molar-refractivity contribution in [3.63, 3.8) is 0 Å². The van der Waals surface area contributed by atoms with Crippen molar-refractivity contribution in [2.24, 2.45) is 0 Å². The molecule has 0 fully saturated rings. The second kappa shape index (κ2) is 5.54. The molecule has 0 aromatic heterocycles. The zero-order valence-corrected chi connectivity index (χ0v) is 11.1. The molecule has 0 N–H and O–H groups in total. The van der Waals surface area contributed by atoms with Crippen molar-refractivity contribution in [3.8, 4) is 0 Å². The highest BCUT2D eigenvalue weighted by atomic mass is 127. The predicted octanol–water partition coefficient (Wildman–Crippen LogP) is 4.67. The normalized spacial score (nSPS) is 10.2. The molecule has 1 aromatic carbocycles. The van der Waals surface area contributed by atoms with Crippen molar-refractivity contribution in [2.75, 3.05) is 0 Å². The SMILES string of the molecule is C=C(C)c1ccc(CCCC)c(I)c1. The number of benzene rings is 1. The molecule has 0 spiro atoms. The van der Waals surface area contributed by atoms with Crippen LogP contribution in [-0.2, 0) is 6.42 Å². The smallest absolute Gasteiger partial charge is 0.0168 e. The molecule has 0 unspecified atom stereocenters. The molecule has 0 nitrogen and oxygen atoms in total. The topological polar surface area (TPSA) is 0 Å². The first-order valence-corrected chi connectivity index (χ1v) is 6.17. The molecule has 0 saturated heterocycles. The Morgan fingerprint density at radius 1 is 1.43 bits per heavy atom. The van der Waals surface area contributed by atoms with Gasteiger partial charge in [-0.25, -0.2) is 0 Å². The summed E-state index contributed by atoms with van der Waals surface area (Å²) in [5.41, 5.74) is 3.87. The van der Waals surface area contributed by atoms with E-state index in [0.29, 0.717) is 0 Å². The summed E-state index contributed by atoms with van der Waals surface area (Å²) in [7, 11) is 0. The molecule has 0 heterocycles. The number of unbranched alkanes of at least 4 members (excludes halogenated alkanes) is 1. The average Bonchev–Trinajstić information content (AvgIpc) is 2.15. The largest absolute Gasteiger partial charge is 0.0955 e. The van der Waals surface area contributed by atoms with Crippen LogP contribution in [-0.4, -0.2) is 0 Å². The van der Waals surface area contributed by atoms with Gasteiger partial charge in [-0.1, -0.05) is 37.6 Å². The van der Waals surface area contributed by atoms with Gasteiger partial charge >= 0.3 is 0 Å². The Balaban J connectivity index is 2.84. The Labute approximate surface area is 101 Å². The van der Waals surface area contributed by atoms with Crippen LogP contribution in [0, 0.1) is 3.57 Å². The third-order valence-corrected chi connectivity index (χ3v) is 3.35. The third-order valence-electron chi connectivity index (χ3n) is 2.35. The van der Waals surface area contributed by atoms with E-state index in [0.717, 1.165) is 5.57 Å². The van der Waals surface area contributed by atoms with Crippen LogP contribution in [0.4, 0.5) is 0 Å². The average molecular weight is 300 g/mol. The third kappa shape index (κ3) is 3.12. The van der Waals surface area contributed by atoms with Gasteiger partial charge in [-0.15, -0.1) is 0 Å². The zero-order valence-electron chi connectivity index (χ0n) is 8.94. The van der Waals surface area contributed by atoms with E-state index in [9.17, 15) is 0 Å². The second-order valence-electron chi connectivity index (χ2n) is 3.69. The number of rotatable bonds is 4. The highest BCUT2D eigenvalue weighted by Gasteiger charge is 2.01. The summed E-state index contributed by atoms with van der Waals surface area (Å²) in [5.74, 6) is 0. The van der Waals surface area contributed by atoms with Gasteiger partial charge < -0.3 is 0 Å². The maximum Gasteiger partial charge on any atom is 0.0168 e. The molecular weight excluding hydrogens is 283 g/mol. The van der Waals surface area contributed by atoms with E-state index in [1.54, 1.807) is 0 Å². The predicted molar refractivity (Wildman–Crippen MR) is 72.5 cm³/mol. The summed E-state index contributed by atoms with van der Waals surface area (Å²) >= 11 is 2.42. The van der Waals surface area contributed by atoms with Crippen LogP contribution in [0.3, 0.4) is 0 Å². The Morgan fingerprint density at radius 2 is 2.14 bits per heavy atom. The lowest BCUT2D eigenvalue weighted by atomic mass is 10.0. The summed E-state index contributed by atoms with van der Waals surface area (Å²) in [5, 5.41) is 0. The summed E-state index contributed by atoms with van der Waals surface area (Å²) in [6.07, 6.45) is 3.74. The van der Waals surface area contributed by atoms with Gasteiger partial charge in [-0.05, 0) is 59.5 Å². The van der Waals surface area contributed by atoms with Crippen LogP contribution >= 0.6 is 22.6 Å². The highest BCUT2D eigenvalue weighted by Crippen LogP contribution is 2.20. The van der Waals surface area contributed by atoms with E-state index in [4.69, 9.17) is 0 Å². The molecule has 0 saturated carbocycles. The van der Waals surface area contributed by atoms with Crippen molar-refractivity contribution in [1.29, 1.82) is 0 Å². The molecule has 0 aliphatic carbocycles. The quantitative estimate of drug-likeness (QED) is 0.709. The fraction of sp³-hybridized carbons (Fsp3) is 0.385. The van der Waals surface area contributed by atoms with E-state index in [2.05, 4.69) is 61.2 Å². The van der Waals surface area contributed by atoms with E-state index in [1.165, 1.54) is 34.0 Å². The molecule has 0 radical (unpaired) electrons. The number of hydrogen-bond donors (Lipinski definition) is 0. The van der Waals surface area contributed by atoms with Gasteiger partial charge in [-0.3, -0.25) is 0 Å². The molecule has 0 atom stereocenters. The lowest BCUT2D eigenvalue weighted by Crippen LogP contribution is -1.90. The molecule has 0 bridgehead atoms. The van der Waals surface area contributed by atoms with E-state index < -0.39 is 0 Å². The second-order valence-corrected chi connectivity index (χ2v) is 4.85. The number of aryl methyl sites for hydroxylation is 1. The monoisotopic (exact) mass is 300 g/mol. The number of allylic oxidation sites excluding steroid dienone is 1. The summed E-state index contributed by atoms with van der Waals surface area (Å²) < 4.78 is 1.37. The van der Waals surface area contributed by atoms with Crippen molar-refractivity contribution in [1.82, 2.24) is 0 Å². The van der Waals surface area contributed by atoms with Crippen molar-refractivity contribution in [2.45, 2.75) is 33.1 Å². The van der Waals surface area contributed by atoms with Crippen LogP contribution in [0.5, 0.6) is 0 Å². The molecule has 0 aliphatic heterocycles. The minimum absolute atomic E-state index is 1.14. The maximum absolute atomic E-state index is 3.95. The van der Waals surface area contributed by atoms with Crippen LogP contribution in [0.1, 0.15) is 37.8 Å². The fourth-order valence-electron chi connectivity index (χ4n) is 1.38. The van der Waals surface area contributed by atoms with Crippen molar-refractivity contribution >= 4 is 28.2 Å². The lowest BCUT2D eigenvalue weighted by Gasteiger charge is -2.06. The number of hydrogen-bond acceptors (Lipinski definition) is 0. The minimum Gasteiger partial charge on any atom is -0.0955 e. The summed E-state index contributed by atoms with van der Waals surface area (Å²) in [6, 6.07) is 6.64. The molecule has 1 heteroatoms. The van der Waals surface area contributed by atoms with Gasteiger partial charge in [0, 0.05) is 3.57 Å². The molecule has 76 valence electrons. The minimum atomic E-state index is 1.14. The Kier molecular flexibility index (Phi) is 4.66.